The highest BCUT2D eigenvalue weighted by atomic mass is 19.1. The molecule has 0 fully saturated rings. The Morgan fingerprint density at radius 3 is 2.36 bits per heavy atom. The van der Waals surface area contributed by atoms with Gasteiger partial charge in [-0.3, -0.25) is 0 Å². The molecule has 2 nitrogen and oxygen atoms in total. The lowest BCUT2D eigenvalue weighted by Gasteiger charge is -2.10. The Kier molecular flexibility index (Phi) is 5.97. The molecule has 0 amide bonds. The quantitative estimate of drug-likeness (QED) is 0.684. The highest BCUT2D eigenvalue weighted by Crippen LogP contribution is 2.21. The molecule has 114 valence electrons. The van der Waals surface area contributed by atoms with E-state index < -0.39 is 0 Å². The first-order valence-corrected chi connectivity index (χ1v) is 7.59. The van der Waals surface area contributed by atoms with Gasteiger partial charge in [-0.25, -0.2) is 4.39 Å². The summed E-state index contributed by atoms with van der Waals surface area (Å²) >= 11 is 0. The van der Waals surface area contributed by atoms with Gasteiger partial charge in [0.25, 0.3) is 0 Å². The lowest BCUT2D eigenvalue weighted by atomic mass is 9.96. The fourth-order valence-electron chi connectivity index (χ4n) is 2.30. The van der Waals surface area contributed by atoms with Crippen molar-refractivity contribution in [2.45, 2.75) is 32.1 Å². The molecular formula is C19H20FNO. The second-order valence-electron chi connectivity index (χ2n) is 5.22. The maximum absolute atomic E-state index is 12.9. The zero-order chi connectivity index (χ0) is 15.8. The van der Waals surface area contributed by atoms with E-state index in [9.17, 15) is 9.65 Å². The van der Waals surface area contributed by atoms with Gasteiger partial charge in [-0.05, 0) is 54.7 Å². The van der Waals surface area contributed by atoms with Crippen molar-refractivity contribution in [1.82, 2.24) is 0 Å². The van der Waals surface area contributed by atoms with Crippen LogP contribution in [0.4, 0.5) is 4.39 Å². The largest absolute Gasteiger partial charge is 0.494 e. The van der Waals surface area contributed by atoms with Crippen molar-refractivity contribution in [3.8, 4) is 11.8 Å². The smallest absolute Gasteiger partial charge is 0.123 e. The highest BCUT2D eigenvalue weighted by Gasteiger charge is 2.10. The summed E-state index contributed by atoms with van der Waals surface area (Å²) in [6.45, 7) is 2.69. The molecule has 0 aliphatic rings. The minimum Gasteiger partial charge on any atom is -0.494 e. The minimum atomic E-state index is -0.278. The van der Waals surface area contributed by atoms with Crippen molar-refractivity contribution < 1.29 is 9.13 Å². The standard InChI is InChI=1S/C19H20FNO/c1-2-15-5-11-19(12-6-15)22-13-3-4-17(14-21)16-7-9-18(20)10-8-16/h5-12,17H,2-4,13H2,1H3. The van der Waals surface area contributed by atoms with Gasteiger partial charge in [0.1, 0.15) is 11.6 Å². The molecule has 0 bridgehead atoms. The molecule has 0 aliphatic heterocycles. The average Bonchev–Trinajstić information content (AvgIpc) is 2.56. The van der Waals surface area contributed by atoms with E-state index in [0.717, 1.165) is 24.2 Å². The van der Waals surface area contributed by atoms with Gasteiger partial charge >= 0.3 is 0 Å². The fraction of sp³-hybridized carbons (Fsp3) is 0.316. The number of hydrogen-bond acceptors (Lipinski definition) is 2. The van der Waals surface area contributed by atoms with Crippen LogP contribution in [0.3, 0.4) is 0 Å². The van der Waals surface area contributed by atoms with Crippen molar-refractivity contribution in [2.24, 2.45) is 0 Å². The zero-order valence-electron chi connectivity index (χ0n) is 12.8. The van der Waals surface area contributed by atoms with Crippen LogP contribution in [0, 0.1) is 17.1 Å². The third-order valence-corrected chi connectivity index (χ3v) is 3.67. The monoisotopic (exact) mass is 297 g/mol. The molecule has 0 spiro atoms. The molecule has 22 heavy (non-hydrogen) atoms. The van der Waals surface area contributed by atoms with Gasteiger partial charge in [0.05, 0.1) is 18.6 Å². The van der Waals surface area contributed by atoms with Crippen LogP contribution in [-0.2, 0) is 6.42 Å². The molecule has 2 rings (SSSR count). The molecule has 0 N–H and O–H groups in total. The van der Waals surface area contributed by atoms with E-state index >= 15 is 0 Å². The molecule has 0 radical (unpaired) electrons. The van der Waals surface area contributed by atoms with E-state index in [-0.39, 0.29) is 11.7 Å². The third kappa shape index (κ3) is 4.60. The number of nitrogens with zero attached hydrogens (tertiary/aromatic N) is 1. The first-order chi connectivity index (χ1) is 10.7. The summed E-state index contributed by atoms with van der Waals surface area (Å²) in [5.74, 6) is 0.360. The first kappa shape index (κ1) is 16.0. The predicted octanol–water partition coefficient (Wildman–Crippen LogP) is 4.85. The summed E-state index contributed by atoms with van der Waals surface area (Å²) in [6.07, 6.45) is 2.50. The van der Waals surface area contributed by atoms with Crippen LogP contribution in [0.2, 0.25) is 0 Å². The SMILES string of the molecule is CCc1ccc(OCCCC(C#N)c2ccc(F)cc2)cc1. The van der Waals surface area contributed by atoms with E-state index in [4.69, 9.17) is 4.74 Å². The Labute approximate surface area is 131 Å². The van der Waals surface area contributed by atoms with Crippen LogP contribution in [-0.4, -0.2) is 6.61 Å². The van der Waals surface area contributed by atoms with E-state index in [1.54, 1.807) is 12.1 Å². The Bertz CT molecular complexity index is 613. The van der Waals surface area contributed by atoms with Gasteiger partial charge in [-0.1, -0.05) is 31.2 Å². The van der Waals surface area contributed by atoms with Crippen molar-refractivity contribution >= 4 is 0 Å². The van der Waals surface area contributed by atoms with Gasteiger partial charge in [-0.15, -0.1) is 0 Å². The molecule has 0 saturated carbocycles. The van der Waals surface area contributed by atoms with Crippen molar-refractivity contribution in [3.63, 3.8) is 0 Å². The van der Waals surface area contributed by atoms with E-state index in [1.165, 1.54) is 17.7 Å². The van der Waals surface area contributed by atoms with Gasteiger partial charge in [0, 0.05) is 0 Å². The number of benzene rings is 2. The number of rotatable bonds is 7. The van der Waals surface area contributed by atoms with Crippen molar-refractivity contribution in [3.05, 3.63) is 65.5 Å². The molecule has 0 saturated heterocycles. The fourth-order valence-corrected chi connectivity index (χ4v) is 2.30. The molecule has 0 heterocycles. The maximum atomic E-state index is 12.9. The van der Waals surface area contributed by atoms with Gasteiger partial charge in [-0.2, -0.15) is 5.26 Å². The lowest BCUT2D eigenvalue weighted by molar-refractivity contribution is 0.305. The molecular weight excluding hydrogens is 277 g/mol. The molecule has 1 atom stereocenters. The van der Waals surface area contributed by atoms with Crippen LogP contribution in [0.25, 0.3) is 0 Å². The Morgan fingerprint density at radius 1 is 1.09 bits per heavy atom. The number of nitriles is 1. The van der Waals surface area contributed by atoms with E-state index in [0.29, 0.717) is 13.0 Å². The number of ether oxygens (including phenoxy) is 1. The Hall–Kier alpha value is -2.34. The van der Waals surface area contributed by atoms with Crippen LogP contribution < -0.4 is 4.74 Å². The minimum absolute atomic E-state index is 0.216. The Balaban J connectivity index is 1.79. The second-order valence-corrected chi connectivity index (χ2v) is 5.22. The summed E-state index contributed by atoms with van der Waals surface area (Å²) in [4.78, 5) is 0. The summed E-state index contributed by atoms with van der Waals surface area (Å²) < 4.78 is 18.6. The lowest BCUT2D eigenvalue weighted by Crippen LogP contribution is -2.02. The molecule has 2 aromatic carbocycles. The Morgan fingerprint density at radius 2 is 1.77 bits per heavy atom. The van der Waals surface area contributed by atoms with Gasteiger partial charge in [0.2, 0.25) is 0 Å². The molecule has 1 unspecified atom stereocenters. The number of halogens is 1. The topological polar surface area (TPSA) is 33.0 Å². The van der Waals surface area contributed by atoms with Crippen molar-refractivity contribution in [2.75, 3.05) is 6.61 Å². The summed E-state index contributed by atoms with van der Waals surface area (Å²) in [6, 6.07) is 16.5. The van der Waals surface area contributed by atoms with Crippen LogP contribution >= 0.6 is 0 Å². The number of hydrogen-bond donors (Lipinski definition) is 0. The van der Waals surface area contributed by atoms with Crippen LogP contribution in [0.1, 0.15) is 36.8 Å². The van der Waals surface area contributed by atoms with Gasteiger partial charge in [0.15, 0.2) is 0 Å². The molecule has 0 aromatic heterocycles. The summed E-state index contributed by atoms with van der Waals surface area (Å²) in [5.41, 5.74) is 2.14. The highest BCUT2D eigenvalue weighted by molar-refractivity contribution is 5.27. The second kappa shape index (κ2) is 8.19. The van der Waals surface area contributed by atoms with Crippen LogP contribution in [0.5, 0.6) is 5.75 Å². The van der Waals surface area contributed by atoms with E-state index in [1.807, 2.05) is 12.1 Å². The zero-order valence-corrected chi connectivity index (χ0v) is 12.8. The summed E-state index contributed by atoms with van der Waals surface area (Å²) in [7, 11) is 0. The molecule has 0 aliphatic carbocycles. The van der Waals surface area contributed by atoms with Crippen molar-refractivity contribution in [1.29, 1.82) is 5.26 Å². The molecule has 2 aromatic rings. The third-order valence-electron chi connectivity index (χ3n) is 3.67. The summed E-state index contributed by atoms with van der Waals surface area (Å²) in [5, 5.41) is 9.24. The number of aryl methyl sites for hydroxylation is 1. The normalized spacial score (nSPS) is 11.7. The molecule has 3 heteroatoms. The van der Waals surface area contributed by atoms with Crippen LogP contribution in [0.15, 0.2) is 48.5 Å². The van der Waals surface area contributed by atoms with Gasteiger partial charge < -0.3 is 4.74 Å². The maximum Gasteiger partial charge on any atom is 0.123 e. The average molecular weight is 297 g/mol. The first-order valence-electron chi connectivity index (χ1n) is 7.59. The predicted molar refractivity (Wildman–Crippen MR) is 85.3 cm³/mol. The van der Waals surface area contributed by atoms with E-state index in [2.05, 4.69) is 25.1 Å².